The van der Waals surface area contributed by atoms with Crippen LogP contribution in [0.2, 0.25) is 0 Å². The molecule has 0 aromatic heterocycles. The lowest BCUT2D eigenvalue weighted by molar-refractivity contribution is -0.138. The summed E-state index contributed by atoms with van der Waals surface area (Å²) >= 11 is 0. The van der Waals surface area contributed by atoms with Gasteiger partial charge in [0.15, 0.2) is 0 Å². The minimum Gasteiger partial charge on any atom is -0.481 e. The van der Waals surface area contributed by atoms with Gasteiger partial charge in [-0.3, -0.25) is 9.59 Å². The quantitative estimate of drug-likeness (QED) is 0.612. The molecular weight excluding hydrogens is 182 g/mol. The highest BCUT2D eigenvalue weighted by Crippen LogP contribution is 2.06. The maximum Gasteiger partial charge on any atom is 0.303 e. The molecule has 0 saturated carbocycles. The van der Waals surface area contributed by atoms with Crippen LogP contribution in [0.3, 0.4) is 0 Å². The van der Waals surface area contributed by atoms with Crippen molar-refractivity contribution in [2.75, 3.05) is 6.54 Å². The highest BCUT2D eigenvalue weighted by atomic mass is 16.4. The van der Waals surface area contributed by atoms with Crippen molar-refractivity contribution in [2.24, 2.45) is 5.92 Å². The van der Waals surface area contributed by atoms with Gasteiger partial charge in [0.25, 0.3) is 0 Å². The van der Waals surface area contributed by atoms with Crippen molar-refractivity contribution < 1.29 is 14.7 Å². The number of nitrogens with one attached hydrogen (secondary N) is 1. The zero-order valence-electron chi connectivity index (χ0n) is 8.88. The van der Waals surface area contributed by atoms with Gasteiger partial charge >= 0.3 is 5.97 Å². The summed E-state index contributed by atoms with van der Waals surface area (Å²) in [6.07, 6.45) is 2.38. The van der Waals surface area contributed by atoms with Crippen LogP contribution in [0.4, 0.5) is 0 Å². The molecule has 0 saturated heterocycles. The first-order chi connectivity index (χ1) is 6.56. The van der Waals surface area contributed by atoms with Crippen molar-refractivity contribution in [3.05, 3.63) is 0 Å². The van der Waals surface area contributed by atoms with Crippen LogP contribution in [0.5, 0.6) is 0 Å². The zero-order chi connectivity index (χ0) is 11.0. The molecule has 4 heteroatoms. The average Bonchev–Trinajstić information content (AvgIpc) is 2.02. The van der Waals surface area contributed by atoms with Gasteiger partial charge in [-0.15, -0.1) is 0 Å². The smallest absolute Gasteiger partial charge is 0.303 e. The predicted octanol–water partition coefficient (Wildman–Crippen LogP) is 1.40. The van der Waals surface area contributed by atoms with Gasteiger partial charge in [0, 0.05) is 19.4 Å². The predicted molar refractivity (Wildman–Crippen MR) is 54.0 cm³/mol. The molecule has 0 rings (SSSR count). The van der Waals surface area contributed by atoms with E-state index in [1.807, 2.05) is 0 Å². The maximum absolute atomic E-state index is 11.2. The van der Waals surface area contributed by atoms with E-state index in [1.165, 1.54) is 0 Å². The summed E-state index contributed by atoms with van der Waals surface area (Å²) in [6, 6.07) is 0. The number of rotatable bonds is 7. The first kappa shape index (κ1) is 12.9. The molecule has 0 fully saturated rings. The molecular formula is C10H19NO3. The molecule has 1 amide bonds. The lowest BCUT2D eigenvalue weighted by Gasteiger charge is -2.08. The summed E-state index contributed by atoms with van der Waals surface area (Å²) in [6.45, 7) is 4.52. The number of carbonyl (C=O) groups excluding carboxylic acids is 1. The second-order valence-electron chi connectivity index (χ2n) is 3.61. The van der Waals surface area contributed by atoms with Crippen molar-refractivity contribution in [2.45, 2.75) is 39.5 Å². The van der Waals surface area contributed by atoms with Crippen molar-refractivity contribution in [1.82, 2.24) is 5.32 Å². The summed E-state index contributed by atoms with van der Waals surface area (Å²) in [5, 5.41) is 11.2. The molecule has 1 atom stereocenters. The number of hydrogen-bond acceptors (Lipinski definition) is 2. The van der Waals surface area contributed by atoms with Gasteiger partial charge in [0.1, 0.15) is 0 Å². The third-order valence-corrected chi connectivity index (χ3v) is 1.91. The Balaban J connectivity index is 3.55. The van der Waals surface area contributed by atoms with E-state index in [4.69, 9.17) is 5.11 Å². The number of amides is 1. The molecule has 0 aromatic rings. The summed E-state index contributed by atoms with van der Waals surface area (Å²) < 4.78 is 0. The number of aliphatic carboxylic acids is 1. The summed E-state index contributed by atoms with van der Waals surface area (Å²) in [7, 11) is 0. The van der Waals surface area contributed by atoms with Crippen molar-refractivity contribution >= 4 is 11.9 Å². The van der Waals surface area contributed by atoms with Crippen molar-refractivity contribution in [3.63, 3.8) is 0 Å². The Morgan fingerprint density at radius 1 is 1.36 bits per heavy atom. The Labute approximate surface area is 84.7 Å². The normalized spacial score (nSPS) is 12.1. The van der Waals surface area contributed by atoms with E-state index < -0.39 is 5.97 Å². The van der Waals surface area contributed by atoms with Crippen LogP contribution in [0.15, 0.2) is 0 Å². The second kappa shape index (κ2) is 7.35. The topological polar surface area (TPSA) is 66.4 Å². The Morgan fingerprint density at radius 3 is 2.50 bits per heavy atom. The van der Waals surface area contributed by atoms with Crippen LogP contribution in [-0.2, 0) is 9.59 Å². The van der Waals surface area contributed by atoms with Gasteiger partial charge < -0.3 is 10.4 Å². The molecule has 0 aliphatic rings. The van der Waals surface area contributed by atoms with E-state index >= 15 is 0 Å². The molecule has 0 aliphatic heterocycles. The standard InChI is InChI=1S/C10H19NO3/c1-3-4-5-11-9(12)6-8(2)7-10(13)14/h8H,3-7H2,1-2H3,(H,11,12)(H,13,14). The van der Waals surface area contributed by atoms with Gasteiger partial charge in [0.2, 0.25) is 5.91 Å². The van der Waals surface area contributed by atoms with Gasteiger partial charge in [0.05, 0.1) is 0 Å². The molecule has 0 aliphatic carbocycles. The van der Waals surface area contributed by atoms with Crippen LogP contribution < -0.4 is 5.32 Å². The number of carboxylic acids is 1. The van der Waals surface area contributed by atoms with Crippen LogP contribution in [0.1, 0.15) is 39.5 Å². The maximum atomic E-state index is 11.2. The fourth-order valence-electron chi connectivity index (χ4n) is 1.16. The van der Waals surface area contributed by atoms with E-state index in [2.05, 4.69) is 12.2 Å². The van der Waals surface area contributed by atoms with Crippen LogP contribution in [-0.4, -0.2) is 23.5 Å². The fourth-order valence-corrected chi connectivity index (χ4v) is 1.16. The molecule has 1 unspecified atom stereocenters. The minimum atomic E-state index is -0.848. The molecule has 0 heterocycles. The van der Waals surface area contributed by atoms with E-state index in [0.717, 1.165) is 12.8 Å². The van der Waals surface area contributed by atoms with Crippen molar-refractivity contribution in [3.8, 4) is 0 Å². The molecule has 0 spiro atoms. The monoisotopic (exact) mass is 201 g/mol. The number of carboxylic acid groups (broad SMARTS) is 1. The van der Waals surface area contributed by atoms with Crippen LogP contribution >= 0.6 is 0 Å². The first-order valence-electron chi connectivity index (χ1n) is 5.04. The molecule has 82 valence electrons. The molecule has 0 bridgehead atoms. The van der Waals surface area contributed by atoms with Gasteiger partial charge in [-0.25, -0.2) is 0 Å². The van der Waals surface area contributed by atoms with E-state index in [0.29, 0.717) is 13.0 Å². The Kier molecular flexibility index (Phi) is 6.80. The molecule has 4 nitrogen and oxygen atoms in total. The number of hydrogen-bond donors (Lipinski definition) is 2. The van der Waals surface area contributed by atoms with Crippen LogP contribution in [0.25, 0.3) is 0 Å². The SMILES string of the molecule is CCCCNC(=O)CC(C)CC(=O)O. The molecule has 0 radical (unpaired) electrons. The summed E-state index contributed by atoms with van der Waals surface area (Å²) in [5.74, 6) is -0.986. The molecule has 2 N–H and O–H groups in total. The van der Waals surface area contributed by atoms with Gasteiger partial charge in [-0.1, -0.05) is 20.3 Å². The van der Waals surface area contributed by atoms with Crippen molar-refractivity contribution in [1.29, 1.82) is 0 Å². The van der Waals surface area contributed by atoms with E-state index in [1.54, 1.807) is 6.92 Å². The highest BCUT2D eigenvalue weighted by Gasteiger charge is 2.11. The molecule has 14 heavy (non-hydrogen) atoms. The lowest BCUT2D eigenvalue weighted by atomic mass is 10.0. The number of carbonyl (C=O) groups is 2. The Bertz CT molecular complexity index is 192. The Morgan fingerprint density at radius 2 is 2.00 bits per heavy atom. The fraction of sp³-hybridized carbons (Fsp3) is 0.800. The van der Waals surface area contributed by atoms with Gasteiger partial charge in [-0.05, 0) is 12.3 Å². The van der Waals surface area contributed by atoms with E-state index in [-0.39, 0.29) is 18.2 Å². The lowest BCUT2D eigenvalue weighted by Crippen LogP contribution is -2.26. The zero-order valence-corrected chi connectivity index (χ0v) is 8.88. The first-order valence-corrected chi connectivity index (χ1v) is 5.04. The third-order valence-electron chi connectivity index (χ3n) is 1.91. The highest BCUT2D eigenvalue weighted by molar-refractivity contribution is 5.77. The minimum absolute atomic E-state index is 0.0489. The average molecular weight is 201 g/mol. The molecule has 0 aromatic carbocycles. The second-order valence-corrected chi connectivity index (χ2v) is 3.61. The van der Waals surface area contributed by atoms with E-state index in [9.17, 15) is 9.59 Å². The van der Waals surface area contributed by atoms with Crippen LogP contribution in [0, 0.1) is 5.92 Å². The number of unbranched alkanes of at least 4 members (excludes halogenated alkanes) is 1. The van der Waals surface area contributed by atoms with Gasteiger partial charge in [-0.2, -0.15) is 0 Å². The third kappa shape index (κ3) is 7.58. The largest absolute Gasteiger partial charge is 0.481 e. The summed E-state index contributed by atoms with van der Waals surface area (Å²) in [5.41, 5.74) is 0. The summed E-state index contributed by atoms with van der Waals surface area (Å²) in [4.78, 5) is 21.5. The Hall–Kier alpha value is -1.06.